The summed E-state index contributed by atoms with van der Waals surface area (Å²) in [7, 11) is -13.5. The van der Waals surface area contributed by atoms with E-state index in [-0.39, 0.29) is 57.0 Å². The van der Waals surface area contributed by atoms with Gasteiger partial charge in [-0.1, -0.05) is 29.3 Å². The Morgan fingerprint density at radius 1 is 0.960 bits per heavy atom. The molecule has 4 aromatic rings. The van der Waals surface area contributed by atoms with E-state index in [2.05, 4.69) is 20.6 Å². The number of azo groups is 1. The molecule has 0 atom stereocenters. The molecule has 0 fully saturated rings. The molecule has 3 aromatic carbocycles. The van der Waals surface area contributed by atoms with Crippen molar-refractivity contribution in [3.63, 3.8) is 0 Å². The maximum absolute atomic E-state index is 13.3. The summed E-state index contributed by atoms with van der Waals surface area (Å²) in [6.45, 7) is 2.34. The zero-order valence-electron chi connectivity index (χ0n) is 25.5. The zero-order valence-corrected chi connectivity index (χ0v) is 29.4. The minimum absolute atomic E-state index is 0.00224. The lowest BCUT2D eigenvalue weighted by Crippen LogP contribution is -2.25. The molecule has 0 radical (unpaired) electrons. The minimum atomic E-state index is -4.68. The number of aromatic nitrogens is 2. The second-order valence-corrected chi connectivity index (χ2v) is 15.4. The lowest BCUT2D eigenvalue weighted by Gasteiger charge is -2.24. The molecule has 4 N–H and O–H groups in total. The fraction of sp³-hybridized carbons (Fsp3) is 0.179. The van der Waals surface area contributed by atoms with Gasteiger partial charge in [0.1, 0.15) is 23.0 Å². The summed E-state index contributed by atoms with van der Waals surface area (Å²) in [6, 6.07) is 12.7. The number of nitriles is 1. The number of nitrogens with one attached hydrogen (secondary N) is 1. The summed E-state index contributed by atoms with van der Waals surface area (Å²) in [6.07, 6.45) is 1.17. The van der Waals surface area contributed by atoms with Crippen LogP contribution >= 0.6 is 23.2 Å². The van der Waals surface area contributed by atoms with Crippen molar-refractivity contribution in [3.8, 4) is 11.8 Å². The van der Waals surface area contributed by atoms with Crippen LogP contribution in [-0.4, -0.2) is 73.4 Å². The predicted octanol–water partition coefficient (Wildman–Crippen LogP) is 5.32. The lowest BCUT2D eigenvalue weighted by molar-refractivity contribution is 0.102. The van der Waals surface area contributed by atoms with Crippen molar-refractivity contribution < 1.29 is 43.7 Å². The number of nitrogens with zero attached hydrogens (tertiary/aromatic N) is 6. The van der Waals surface area contributed by atoms with E-state index >= 15 is 0 Å². The van der Waals surface area contributed by atoms with Crippen molar-refractivity contribution in [2.75, 3.05) is 29.1 Å². The van der Waals surface area contributed by atoms with Crippen molar-refractivity contribution in [1.29, 1.82) is 5.26 Å². The van der Waals surface area contributed by atoms with Crippen molar-refractivity contribution in [1.82, 2.24) is 9.78 Å². The van der Waals surface area contributed by atoms with E-state index in [1.807, 2.05) is 6.07 Å². The van der Waals surface area contributed by atoms with Crippen LogP contribution in [0.4, 0.5) is 22.9 Å². The molecule has 0 saturated carbocycles. The average Bonchev–Trinajstić information content (AvgIpc) is 3.43. The number of carbonyl (C=O) groups is 1. The summed E-state index contributed by atoms with van der Waals surface area (Å²) in [5, 5.41) is 24.2. The van der Waals surface area contributed by atoms with Gasteiger partial charge in [-0.2, -0.15) is 35.6 Å². The van der Waals surface area contributed by atoms with Gasteiger partial charge in [0.05, 0.1) is 37.5 Å². The van der Waals surface area contributed by atoms with Crippen LogP contribution in [0, 0.1) is 11.3 Å². The highest BCUT2D eigenvalue weighted by atomic mass is 35.5. The normalized spacial score (nSPS) is 12.2. The largest absolute Gasteiger partial charge is 0.372 e. The monoisotopic (exact) mass is 785 g/mol. The van der Waals surface area contributed by atoms with Crippen LogP contribution in [0.1, 0.15) is 29.3 Å². The average molecular weight is 787 g/mol. The van der Waals surface area contributed by atoms with E-state index in [4.69, 9.17) is 27.8 Å². The number of carbonyl (C=O) groups excluding carboxylic acids is 1. The van der Waals surface area contributed by atoms with Crippen molar-refractivity contribution in [2.24, 2.45) is 10.2 Å². The molecule has 1 amide bonds. The Labute approximate surface area is 296 Å². The number of hydrogen-bond acceptors (Lipinski definition) is 12. The van der Waals surface area contributed by atoms with Gasteiger partial charge in [-0.3, -0.25) is 18.5 Å². The van der Waals surface area contributed by atoms with Crippen molar-refractivity contribution >= 4 is 82.3 Å². The van der Waals surface area contributed by atoms with Crippen LogP contribution in [0.2, 0.25) is 10.0 Å². The van der Waals surface area contributed by atoms with Gasteiger partial charge in [0, 0.05) is 24.3 Å². The Morgan fingerprint density at radius 3 is 2.20 bits per heavy atom. The standard InChI is InChI=1S/C28H25Cl2N7O10S3/c1-2-36(9-4-10-48(39,40)41)19-7-8-24(25(12-19)33-28(38)17-5-3-6-20(11-17)49(42,43)44)34-35-27-18(15-31)16-32-37(27)26-22(29)13-21(14-23(26)30)50(45,46)47/h3,5-8,11-14,16H,2,4,9-10H2,1H3,(H,33,38)(H,39,40,41)(H,42,43,44)(H,45,46,47). The van der Waals surface area contributed by atoms with Crippen LogP contribution in [0.5, 0.6) is 0 Å². The van der Waals surface area contributed by atoms with Crippen LogP contribution in [-0.2, 0) is 30.4 Å². The summed E-state index contributed by atoms with van der Waals surface area (Å²) in [5.41, 5.74) is 0.0973. The summed E-state index contributed by atoms with van der Waals surface area (Å²) in [5.74, 6) is -1.54. The maximum atomic E-state index is 13.3. The molecule has 0 saturated heterocycles. The number of benzene rings is 3. The van der Waals surface area contributed by atoms with Gasteiger partial charge in [0.2, 0.25) is 0 Å². The molecule has 50 heavy (non-hydrogen) atoms. The second-order valence-electron chi connectivity index (χ2n) is 10.2. The minimum Gasteiger partial charge on any atom is -0.372 e. The number of hydrogen-bond donors (Lipinski definition) is 4. The summed E-state index contributed by atoms with van der Waals surface area (Å²) >= 11 is 12.6. The molecule has 1 aromatic heterocycles. The number of amides is 1. The Balaban J connectivity index is 1.80. The van der Waals surface area contributed by atoms with Crippen LogP contribution in [0.25, 0.3) is 5.69 Å². The molecule has 264 valence electrons. The molecule has 0 spiro atoms. The molecule has 0 bridgehead atoms. The third-order valence-corrected chi connectivity index (χ3v) is 9.88. The SMILES string of the molecule is CCN(CCCS(=O)(=O)O)c1ccc(N=Nc2c(C#N)cnn2-c2c(Cl)cc(S(=O)(=O)O)cc2Cl)c(NC(=O)c2cccc(S(=O)(=O)O)c2)c1. The molecular weight excluding hydrogens is 761 g/mol. The van der Waals surface area contributed by atoms with Gasteiger partial charge in [0.25, 0.3) is 36.3 Å². The highest BCUT2D eigenvalue weighted by Gasteiger charge is 2.22. The van der Waals surface area contributed by atoms with Gasteiger partial charge in [-0.15, -0.1) is 10.2 Å². The molecule has 0 aliphatic carbocycles. The van der Waals surface area contributed by atoms with Crippen molar-refractivity contribution in [3.05, 3.63) is 82.0 Å². The number of anilines is 2. The highest BCUT2D eigenvalue weighted by Crippen LogP contribution is 2.37. The predicted molar refractivity (Wildman–Crippen MR) is 182 cm³/mol. The highest BCUT2D eigenvalue weighted by molar-refractivity contribution is 7.86. The smallest absolute Gasteiger partial charge is 0.294 e. The Morgan fingerprint density at radius 2 is 1.62 bits per heavy atom. The van der Waals surface area contributed by atoms with Gasteiger partial charge in [-0.25, -0.2) is 4.68 Å². The van der Waals surface area contributed by atoms with Crippen molar-refractivity contribution in [2.45, 2.75) is 23.1 Å². The summed E-state index contributed by atoms with van der Waals surface area (Å²) in [4.78, 5) is 13.9. The molecular formula is C28H25Cl2N7O10S3. The number of halogens is 2. The summed E-state index contributed by atoms with van der Waals surface area (Å²) < 4.78 is 98.0. The molecule has 4 rings (SSSR count). The van der Waals surface area contributed by atoms with Gasteiger partial charge in [0.15, 0.2) is 5.82 Å². The first kappa shape index (κ1) is 38.3. The third-order valence-electron chi connectivity index (χ3n) is 6.82. The molecule has 17 nitrogen and oxygen atoms in total. The fourth-order valence-corrected chi connectivity index (χ4v) is 6.81. The Kier molecular flexibility index (Phi) is 11.7. The van der Waals surface area contributed by atoms with Gasteiger partial charge in [-0.05, 0) is 61.9 Å². The molecule has 0 aliphatic heterocycles. The molecule has 22 heteroatoms. The maximum Gasteiger partial charge on any atom is 0.294 e. The quantitative estimate of drug-likeness (QED) is 0.0990. The van der Waals surface area contributed by atoms with E-state index in [0.717, 1.165) is 35.1 Å². The third kappa shape index (κ3) is 9.40. The van der Waals surface area contributed by atoms with Crippen LogP contribution in [0.3, 0.4) is 0 Å². The number of rotatable bonds is 13. The van der Waals surface area contributed by atoms with E-state index in [1.165, 1.54) is 24.3 Å². The first-order chi connectivity index (χ1) is 23.3. The molecule has 0 unspecified atom stereocenters. The van der Waals surface area contributed by atoms with Gasteiger partial charge < -0.3 is 10.2 Å². The van der Waals surface area contributed by atoms with Crippen LogP contribution < -0.4 is 10.2 Å². The molecule has 1 heterocycles. The second kappa shape index (κ2) is 15.2. The first-order valence-electron chi connectivity index (χ1n) is 13.9. The first-order valence-corrected chi connectivity index (χ1v) is 19.2. The zero-order chi connectivity index (χ0) is 37.0. The van der Waals surface area contributed by atoms with Crippen LogP contribution in [0.15, 0.2) is 80.8 Å². The van der Waals surface area contributed by atoms with E-state index in [1.54, 1.807) is 17.9 Å². The molecule has 0 aliphatic rings. The van der Waals surface area contributed by atoms with E-state index < -0.39 is 51.8 Å². The van der Waals surface area contributed by atoms with Gasteiger partial charge >= 0.3 is 0 Å². The Bertz CT molecular complexity index is 2350. The lowest BCUT2D eigenvalue weighted by atomic mass is 10.1. The topological polar surface area (TPSA) is 262 Å². The fourth-order valence-electron chi connectivity index (χ4n) is 4.48. The van der Waals surface area contributed by atoms with E-state index in [9.17, 15) is 44.4 Å². The Hall–Kier alpha value is -4.46. The van der Waals surface area contributed by atoms with E-state index in [0.29, 0.717) is 12.2 Å².